The van der Waals surface area contributed by atoms with Crippen LogP contribution in [0.4, 0.5) is 0 Å². The largest absolute Gasteiger partial charge is 0.390 e. The number of methoxy groups -OCH3 is 1. The van der Waals surface area contributed by atoms with Crippen LogP contribution in [0.3, 0.4) is 0 Å². The van der Waals surface area contributed by atoms with Crippen LogP contribution < -0.4 is 10.9 Å². The summed E-state index contributed by atoms with van der Waals surface area (Å²) in [6.45, 7) is 3.62. The molecule has 1 rings (SSSR count). The number of ether oxygens (including phenoxy) is 1. The highest BCUT2D eigenvalue weighted by molar-refractivity contribution is 9.10. The molecule has 0 amide bonds. The van der Waals surface area contributed by atoms with Crippen molar-refractivity contribution in [3.8, 4) is 0 Å². The van der Waals surface area contributed by atoms with Crippen LogP contribution in [0.25, 0.3) is 0 Å². The molecule has 2 N–H and O–H groups in total. The summed E-state index contributed by atoms with van der Waals surface area (Å²) in [5.41, 5.74) is 0.461. The zero-order valence-electron chi connectivity index (χ0n) is 10.5. The van der Waals surface area contributed by atoms with Crippen molar-refractivity contribution < 1.29 is 9.84 Å². The van der Waals surface area contributed by atoms with Gasteiger partial charge in [0.25, 0.3) is 5.56 Å². The van der Waals surface area contributed by atoms with Gasteiger partial charge in [-0.2, -0.15) is 0 Å². The molecule has 0 aromatic carbocycles. The molecule has 1 aromatic heterocycles. The number of aryl methyl sites for hydroxylation is 1. The third kappa shape index (κ3) is 4.49. The second kappa shape index (κ2) is 7.63. The number of rotatable bonds is 7. The second-order valence-corrected chi connectivity index (χ2v) is 4.75. The van der Waals surface area contributed by atoms with E-state index >= 15 is 0 Å². The van der Waals surface area contributed by atoms with Crippen molar-refractivity contribution in [2.75, 3.05) is 26.8 Å². The Morgan fingerprint density at radius 1 is 1.67 bits per heavy atom. The molecule has 0 fully saturated rings. The third-order valence-electron chi connectivity index (χ3n) is 2.43. The lowest BCUT2D eigenvalue weighted by Gasteiger charge is -2.13. The summed E-state index contributed by atoms with van der Waals surface area (Å²) in [4.78, 5) is 15.9. The minimum atomic E-state index is -0.643. The van der Waals surface area contributed by atoms with Crippen molar-refractivity contribution in [2.45, 2.75) is 19.6 Å². The van der Waals surface area contributed by atoms with Crippen LogP contribution in [0, 0.1) is 6.92 Å². The maximum atomic E-state index is 11.8. The Bertz CT molecular complexity index is 436. The molecular weight excluding hydrogens is 302 g/mol. The van der Waals surface area contributed by atoms with Crippen molar-refractivity contribution in [1.82, 2.24) is 14.9 Å². The van der Waals surface area contributed by atoms with Gasteiger partial charge >= 0.3 is 0 Å². The fraction of sp³-hybridized carbons (Fsp3) is 0.636. The van der Waals surface area contributed by atoms with Gasteiger partial charge in [-0.3, -0.25) is 9.36 Å². The summed E-state index contributed by atoms with van der Waals surface area (Å²) >= 11 is 3.18. The average Bonchev–Trinajstić information content (AvgIpc) is 2.35. The van der Waals surface area contributed by atoms with Gasteiger partial charge in [-0.15, -0.1) is 0 Å². The molecule has 1 heterocycles. The Balaban J connectivity index is 2.52. The van der Waals surface area contributed by atoms with E-state index in [1.54, 1.807) is 14.0 Å². The SMILES string of the molecule is COCCNCC(O)Cn1cnc(C)c(Br)c1=O. The smallest absolute Gasteiger partial charge is 0.267 e. The first kappa shape index (κ1) is 15.3. The topological polar surface area (TPSA) is 76.4 Å². The number of aromatic nitrogens is 2. The van der Waals surface area contributed by atoms with Gasteiger partial charge < -0.3 is 15.2 Å². The lowest BCUT2D eigenvalue weighted by molar-refractivity contribution is 0.142. The molecule has 102 valence electrons. The van der Waals surface area contributed by atoms with E-state index in [-0.39, 0.29) is 12.1 Å². The van der Waals surface area contributed by atoms with Crippen LogP contribution in [0.2, 0.25) is 0 Å². The van der Waals surface area contributed by atoms with Crippen LogP contribution in [-0.2, 0) is 11.3 Å². The summed E-state index contributed by atoms with van der Waals surface area (Å²) in [6.07, 6.45) is 0.803. The zero-order valence-corrected chi connectivity index (χ0v) is 12.1. The van der Waals surface area contributed by atoms with E-state index in [0.29, 0.717) is 29.9 Å². The maximum absolute atomic E-state index is 11.8. The first-order valence-electron chi connectivity index (χ1n) is 5.65. The van der Waals surface area contributed by atoms with Gasteiger partial charge in [-0.1, -0.05) is 0 Å². The van der Waals surface area contributed by atoms with Crippen LogP contribution in [-0.4, -0.2) is 47.6 Å². The van der Waals surface area contributed by atoms with Gasteiger partial charge in [-0.25, -0.2) is 4.98 Å². The first-order chi connectivity index (χ1) is 8.56. The standard InChI is InChI=1S/C11H18BrN3O3/c1-8-10(12)11(17)15(7-14-8)6-9(16)5-13-3-4-18-2/h7,9,13,16H,3-6H2,1-2H3. The number of aliphatic hydroxyl groups excluding tert-OH is 1. The van der Waals surface area contributed by atoms with Gasteiger partial charge in [0.05, 0.1) is 31.3 Å². The highest BCUT2D eigenvalue weighted by atomic mass is 79.9. The molecule has 0 spiro atoms. The molecule has 0 aliphatic heterocycles. The average molecular weight is 320 g/mol. The monoisotopic (exact) mass is 319 g/mol. The quantitative estimate of drug-likeness (QED) is 0.687. The molecule has 0 aliphatic carbocycles. The molecule has 6 nitrogen and oxygen atoms in total. The Kier molecular flexibility index (Phi) is 6.48. The first-order valence-corrected chi connectivity index (χ1v) is 6.44. The number of nitrogens with one attached hydrogen (secondary N) is 1. The normalized spacial score (nSPS) is 12.7. The van der Waals surface area contributed by atoms with E-state index in [2.05, 4.69) is 26.2 Å². The lowest BCUT2D eigenvalue weighted by atomic mass is 10.3. The van der Waals surface area contributed by atoms with E-state index in [9.17, 15) is 9.90 Å². The minimum absolute atomic E-state index is 0.182. The van der Waals surface area contributed by atoms with Crippen molar-refractivity contribution in [2.24, 2.45) is 0 Å². The van der Waals surface area contributed by atoms with E-state index in [1.807, 2.05) is 0 Å². The van der Waals surface area contributed by atoms with Crippen LogP contribution in [0.5, 0.6) is 0 Å². The molecule has 0 radical (unpaired) electrons. The number of halogens is 1. The van der Waals surface area contributed by atoms with E-state index in [0.717, 1.165) is 0 Å². The predicted octanol–water partition coefficient (Wildman–Crippen LogP) is -0.0889. The van der Waals surface area contributed by atoms with E-state index < -0.39 is 6.10 Å². The van der Waals surface area contributed by atoms with Crippen LogP contribution in [0.15, 0.2) is 15.6 Å². The maximum Gasteiger partial charge on any atom is 0.267 e. The van der Waals surface area contributed by atoms with Crippen molar-refractivity contribution in [3.05, 3.63) is 26.8 Å². The number of nitrogens with zero attached hydrogens (tertiary/aromatic N) is 2. The van der Waals surface area contributed by atoms with Gasteiger partial charge in [0.2, 0.25) is 0 Å². The highest BCUT2D eigenvalue weighted by Gasteiger charge is 2.09. The molecule has 0 bridgehead atoms. The summed E-state index contributed by atoms with van der Waals surface area (Å²) in [6, 6.07) is 0. The van der Waals surface area contributed by atoms with E-state index in [1.165, 1.54) is 10.9 Å². The summed E-state index contributed by atoms with van der Waals surface area (Å²) in [7, 11) is 1.62. The van der Waals surface area contributed by atoms with Crippen molar-refractivity contribution in [1.29, 1.82) is 0 Å². The molecule has 0 saturated carbocycles. The van der Waals surface area contributed by atoms with Crippen LogP contribution >= 0.6 is 15.9 Å². The minimum Gasteiger partial charge on any atom is -0.390 e. The fourth-order valence-corrected chi connectivity index (χ4v) is 1.74. The molecule has 0 saturated heterocycles. The number of hydrogen-bond acceptors (Lipinski definition) is 5. The molecule has 1 aromatic rings. The van der Waals surface area contributed by atoms with Crippen molar-refractivity contribution in [3.63, 3.8) is 0 Å². The Morgan fingerprint density at radius 2 is 2.39 bits per heavy atom. The van der Waals surface area contributed by atoms with Gasteiger partial charge in [0, 0.05) is 20.2 Å². The lowest BCUT2D eigenvalue weighted by Crippen LogP contribution is -2.35. The van der Waals surface area contributed by atoms with Gasteiger partial charge in [0.1, 0.15) is 4.47 Å². The van der Waals surface area contributed by atoms with E-state index in [4.69, 9.17) is 4.74 Å². The number of aliphatic hydroxyl groups is 1. The Morgan fingerprint density at radius 3 is 3.06 bits per heavy atom. The summed E-state index contributed by atoms with van der Waals surface area (Å²) in [5.74, 6) is 0. The second-order valence-electron chi connectivity index (χ2n) is 3.95. The molecule has 7 heteroatoms. The molecule has 0 aliphatic rings. The summed E-state index contributed by atoms with van der Waals surface area (Å²) in [5, 5.41) is 12.8. The summed E-state index contributed by atoms with van der Waals surface area (Å²) < 4.78 is 6.70. The Labute approximate surface area is 114 Å². The molecule has 18 heavy (non-hydrogen) atoms. The number of hydrogen-bond donors (Lipinski definition) is 2. The van der Waals surface area contributed by atoms with Crippen LogP contribution in [0.1, 0.15) is 5.69 Å². The highest BCUT2D eigenvalue weighted by Crippen LogP contribution is 2.06. The Hall–Kier alpha value is -0.760. The zero-order chi connectivity index (χ0) is 13.5. The predicted molar refractivity (Wildman–Crippen MR) is 71.7 cm³/mol. The third-order valence-corrected chi connectivity index (χ3v) is 3.34. The van der Waals surface area contributed by atoms with Crippen molar-refractivity contribution >= 4 is 15.9 Å². The van der Waals surface area contributed by atoms with Gasteiger partial charge in [-0.05, 0) is 22.9 Å². The molecule has 1 atom stereocenters. The fourth-order valence-electron chi connectivity index (χ4n) is 1.41. The molecule has 1 unspecified atom stereocenters. The van der Waals surface area contributed by atoms with Gasteiger partial charge in [0.15, 0.2) is 0 Å². The molecular formula is C11H18BrN3O3.